The van der Waals surface area contributed by atoms with Gasteiger partial charge in [0.2, 0.25) is 0 Å². The number of hydrogen-bond donors (Lipinski definition) is 1. The number of fused-ring (bicyclic) bond motifs is 2. The van der Waals surface area contributed by atoms with Gasteiger partial charge in [-0.25, -0.2) is 9.38 Å². The first-order valence-corrected chi connectivity index (χ1v) is 10.2. The Balaban J connectivity index is 1.64. The van der Waals surface area contributed by atoms with Gasteiger partial charge in [0.15, 0.2) is 5.84 Å². The van der Waals surface area contributed by atoms with Crippen molar-refractivity contribution in [2.24, 2.45) is 4.99 Å². The Morgan fingerprint density at radius 3 is 2.87 bits per heavy atom. The summed E-state index contributed by atoms with van der Waals surface area (Å²) in [5, 5.41) is 13.6. The Hall–Kier alpha value is -3.08. The van der Waals surface area contributed by atoms with E-state index in [0.717, 1.165) is 35.6 Å². The molecule has 0 bridgehead atoms. The lowest BCUT2D eigenvalue weighted by Crippen LogP contribution is -2.45. The molecule has 1 aliphatic carbocycles. The van der Waals surface area contributed by atoms with Crippen molar-refractivity contribution in [3.05, 3.63) is 76.5 Å². The summed E-state index contributed by atoms with van der Waals surface area (Å²) in [6.45, 7) is 3.60. The van der Waals surface area contributed by atoms with Crippen molar-refractivity contribution in [2.45, 2.75) is 18.4 Å². The molecule has 30 heavy (non-hydrogen) atoms. The van der Waals surface area contributed by atoms with Gasteiger partial charge in [-0.1, -0.05) is 12.1 Å². The molecule has 2 aliphatic heterocycles. The number of aliphatic imine (C=N–C) groups is 1. The number of nitriles is 1. The molecule has 6 nitrogen and oxygen atoms in total. The number of aromatic nitrogens is 1. The lowest BCUT2D eigenvalue weighted by molar-refractivity contribution is 0.0416. The topological polar surface area (TPSA) is 73.5 Å². The average Bonchev–Trinajstić information content (AvgIpc) is 3.12. The van der Waals surface area contributed by atoms with Crippen LogP contribution in [-0.2, 0) is 16.7 Å². The molecule has 0 saturated carbocycles. The number of benzene rings is 1. The third kappa shape index (κ3) is 3.18. The number of nitrogens with one attached hydrogen (secondary N) is 1. The van der Waals surface area contributed by atoms with E-state index in [1.54, 1.807) is 18.3 Å². The molecular weight excluding hydrogens is 381 g/mol. The lowest BCUT2D eigenvalue weighted by Gasteiger charge is -2.36. The molecule has 1 fully saturated rings. The number of amidine groups is 1. The summed E-state index contributed by atoms with van der Waals surface area (Å²) in [6.07, 6.45) is 3.05. The standard InChI is InChI=1S/C23H22FN5O/c24-17-4-5-18-16(13-17)6-7-23(18)19(14-25)21(15-29-9-11-30-12-10-29)27-22(28-23)20-3-1-2-8-26-20/h1-5,8,13H,6-7,9-12,15H2,(H,27,28)/t23-/m0/s1. The minimum atomic E-state index is -0.808. The molecule has 1 N–H and O–H groups in total. The van der Waals surface area contributed by atoms with Crippen LogP contribution in [0, 0.1) is 17.1 Å². The van der Waals surface area contributed by atoms with Crippen LogP contribution in [-0.4, -0.2) is 48.6 Å². The van der Waals surface area contributed by atoms with Crippen LogP contribution in [0.2, 0.25) is 0 Å². The van der Waals surface area contributed by atoms with Crippen LogP contribution < -0.4 is 5.32 Å². The minimum absolute atomic E-state index is 0.260. The van der Waals surface area contributed by atoms with Crippen LogP contribution in [0.3, 0.4) is 0 Å². The fourth-order valence-corrected chi connectivity index (χ4v) is 4.61. The van der Waals surface area contributed by atoms with Gasteiger partial charge in [-0.2, -0.15) is 5.26 Å². The van der Waals surface area contributed by atoms with Crippen LogP contribution in [0.4, 0.5) is 4.39 Å². The SMILES string of the molecule is N#CC1=C(CN2CCOCC2)NC(c2ccccn2)=N[C@]12CCc1cc(F)ccc12. The number of aryl methyl sites for hydroxylation is 1. The smallest absolute Gasteiger partial charge is 0.152 e. The largest absolute Gasteiger partial charge is 0.379 e. The summed E-state index contributed by atoms with van der Waals surface area (Å²) in [7, 11) is 0. The monoisotopic (exact) mass is 403 g/mol. The zero-order chi connectivity index (χ0) is 20.6. The second kappa shape index (κ2) is 7.63. The lowest BCUT2D eigenvalue weighted by atomic mass is 9.82. The van der Waals surface area contributed by atoms with Crippen molar-refractivity contribution in [2.75, 3.05) is 32.8 Å². The fraction of sp³-hybridized carbons (Fsp3) is 0.348. The number of ether oxygens (including phenoxy) is 1. The van der Waals surface area contributed by atoms with Crippen molar-refractivity contribution in [1.82, 2.24) is 15.2 Å². The zero-order valence-corrected chi connectivity index (χ0v) is 16.6. The number of hydrogen-bond acceptors (Lipinski definition) is 6. The molecule has 0 unspecified atom stereocenters. The van der Waals surface area contributed by atoms with E-state index in [1.165, 1.54) is 6.07 Å². The highest BCUT2D eigenvalue weighted by atomic mass is 19.1. The van der Waals surface area contributed by atoms with Crippen LogP contribution in [0.25, 0.3) is 0 Å². The molecule has 1 aromatic heterocycles. The van der Waals surface area contributed by atoms with Crippen molar-refractivity contribution in [3.8, 4) is 6.07 Å². The van der Waals surface area contributed by atoms with Crippen LogP contribution in [0.1, 0.15) is 23.2 Å². The molecule has 0 amide bonds. The van der Waals surface area contributed by atoms with E-state index in [4.69, 9.17) is 9.73 Å². The van der Waals surface area contributed by atoms with E-state index in [9.17, 15) is 9.65 Å². The minimum Gasteiger partial charge on any atom is -0.379 e. The molecule has 1 saturated heterocycles. The maximum absolute atomic E-state index is 13.9. The van der Waals surface area contributed by atoms with E-state index >= 15 is 0 Å². The normalized spacial score (nSPS) is 23.7. The average molecular weight is 403 g/mol. The molecule has 7 heteroatoms. The van der Waals surface area contributed by atoms with Crippen LogP contribution >= 0.6 is 0 Å². The number of nitrogens with zero attached hydrogens (tertiary/aromatic N) is 4. The highest BCUT2D eigenvalue weighted by Crippen LogP contribution is 2.48. The van der Waals surface area contributed by atoms with Gasteiger partial charge in [-0.05, 0) is 48.2 Å². The molecule has 1 atom stereocenters. The number of rotatable bonds is 3. The fourth-order valence-electron chi connectivity index (χ4n) is 4.61. The molecule has 1 aromatic carbocycles. The van der Waals surface area contributed by atoms with E-state index in [1.807, 2.05) is 18.2 Å². The van der Waals surface area contributed by atoms with Gasteiger partial charge >= 0.3 is 0 Å². The molecule has 2 aromatic rings. The molecular formula is C23H22FN5O. The van der Waals surface area contributed by atoms with Crippen molar-refractivity contribution in [1.29, 1.82) is 5.26 Å². The predicted molar refractivity (Wildman–Crippen MR) is 110 cm³/mol. The molecule has 152 valence electrons. The molecule has 3 heterocycles. The second-order valence-electron chi connectivity index (χ2n) is 7.82. The van der Waals surface area contributed by atoms with Gasteiger partial charge in [0.1, 0.15) is 17.1 Å². The number of halogens is 1. The van der Waals surface area contributed by atoms with Crippen molar-refractivity contribution in [3.63, 3.8) is 0 Å². The number of morpholine rings is 1. The summed E-state index contributed by atoms with van der Waals surface area (Å²) in [4.78, 5) is 11.8. The Labute approximate surface area is 174 Å². The van der Waals surface area contributed by atoms with Crippen molar-refractivity contribution >= 4 is 5.84 Å². The van der Waals surface area contributed by atoms with E-state index in [-0.39, 0.29) is 5.82 Å². The summed E-state index contributed by atoms with van der Waals surface area (Å²) in [5.74, 6) is 0.389. The van der Waals surface area contributed by atoms with Crippen molar-refractivity contribution < 1.29 is 9.13 Å². The third-order valence-corrected chi connectivity index (χ3v) is 6.06. The van der Waals surface area contributed by atoms with Gasteiger partial charge < -0.3 is 10.1 Å². The van der Waals surface area contributed by atoms with E-state index in [0.29, 0.717) is 44.0 Å². The Kier molecular flexibility index (Phi) is 4.81. The van der Waals surface area contributed by atoms with Gasteiger partial charge in [0, 0.05) is 31.5 Å². The summed E-state index contributed by atoms with van der Waals surface area (Å²) in [5.41, 5.74) is 3.20. The quantitative estimate of drug-likeness (QED) is 0.853. The summed E-state index contributed by atoms with van der Waals surface area (Å²) >= 11 is 0. The van der Waals surface area contributed by atoms with Crippen LogP contribution in [0.15, 0.2) is 58.9 Å². The molecule has 3 aliphatic rings. The van der Waals surface area contributed by atoms with Gasteiger partial charge in [0.25, 0.3) is 0 Å². The summed E-state index contributed by atoms with van der Waals surface area (Å²) in [6, 6.07) is 12.9. The van der Waals surface area contributed by atoms with Gasteiger partial charge in [-0.15, -0.1) is 0 Å². The Morgan fingerprint density at radius 1 is 1.23 bits per heavy atom. The molecule has 1 spiro atoms. The Bertz CT molecular complexity index is 1070. The van der Waals surface area contributed by atoms with Gasteiger partial charge in [0.05, 0.1) is 24.9 Å². The van der Waals surface area contributed by atoms with Gasteiger partial charge in [-0.3, -0.25) is 9.88 Å². The second-order valence-corrected chi connectivity index (χ2v) is 7.82. The highest BCUT2D eigenvalue weighted by Gasteiger charge is 2.46. The first-order valence-electron chi connectivity index (χ1n) is 10.2. The number of pyridine rings is 1. The van der Waals surface area contributed by atoms with Crippen LogP contribution in [0.5, 0.6) is 0 Å². The zero-order valence-electron chi connectivity index (χ0n) is 16.6. The first-order chi connectivity index (χ1) is 14.7. The van der Waals surface area contributed by atoms with E-state index < -0.39 is 5.54 Å². The van der Waals surface area contributed by atoms with E-state index in [2.05, 4.69) is 21.3 Å². The Morgan fingerprint density at radius 2 is 2.10 bits per heavy atom. The molecule has 5 rings (SSSR count). The third-order valence-electron chi connectivity index (χ3n) is 6.06. The highest BCUT2D eigenvalue weighted by molar-refractivity contribution is 6.00. The molecule has 0 radical (unpaired) electrons. The maximum Gasteiger partial charge on any atom is 0.152 e. The summed E-state index contributed by atoms with van der Waals surface area (Å²) < 4.78 is 19.3. The predicted octanol–water partition coefficient (Wildman–Crippen LogP) is 2.52. The maximum atomic E-state index is 13.9. The first kappa shape index (κ1) is 18.9.